The minimum Gasteiger partial charge on any atom is -0.493 e. The summed E-state index contributed by atoms with van der Waals surface area (Å²) in [5.74, 6) is 1.56. The first-order chi connectivity index (χ1) is 10.7. The first-order valence-electron chi connectivity index (χ1n) is 7.65. The Balaban J connectivity index is 1.92. The second-order valence-corrected chi connectivity index (χ2v) is 5.47. The normalized spacial score (nSPS) is 12.0. The fourth-order valence-corrected chi connectivity index (χ4v) is 2.65. The second-order valence-electron chi connectivity index (χ2n) is 5.47. The molecule has 1 unspecified atom stereocenters. The molecule has 2 aromatic carbocycles. The Kier molecular flexibility index (Phi) is 5.84. The number of benzene rings is 2. The van der Waals surface area contributed by atoms with Crippen molar-refractivity contribution in [3.05, 3.63) is 59.2 Å². The van der Waals surface area contributed by atoms with Crippen molar-refractivity contribution in [1.82, 2.24) is 5.32 Å². The van der Waals surface area contributed by atoms with Crippen LogP contribution in [0.15, 0.2) is 42.5 Å². The second kappa shape index (κ2) is 7.85. The van der Waals surface area contributed by atoms with Crippen LogP contribution in [0.4, 0.5) is 0 Å². The third-order valence-electron chi connectivity index (χ3n) is 3.97. The van der Waals surface area contributed by atoms with Gasteiger partial charge in [0.25, 0.3) is 0 Å². The van der Waals surface area contributed by atoms with Gasteiger partial charge in [-0.25, -0.2) is 0 Å². The molecule has 0 fully saturated rings. The molecule has 0 aliphatic carbocycles. The number of hydrogen-bond acceptors (Lipinski definition) is 3. The Morgan fingerprint density at radius 1 is 1.00 bits per heavy atom. The Bertz CT molecular complexity index is 610. The molecule has 0 spiro atoms. The number of rotatable bonds is 7. The average Bonchev–Trinajstić information content (AvgIpc) is 2.55. The van der Waals surface area contributed by atoms with Crippen molar-refractivity contribution < 1.29 is 9.47 Å². The van der Waals surface area contributed by atoms with Crippen LogP contribution in [0.5, 0.6) is 11.5 Å². The summed E-state index contributed by atoms with van der Waals surface area (Å²) in [7, 11) is 3.32. The molecule has 2 aromatic rings. The first kappa shape index (κ1) is 16.4. The van der Waals surface area contributed by atoms with Crippen LogP contribution < -0.4 is 14.8 Å². The van der Waals surface area contributed by atoms with Gasteiger partial charge in [-0.3, -0.25) is 0 Å². The topological polar surface area (TPSA) is 30.5 Å². The summed E-state index contributed by atoms with van der Waals surface area (Å²) in [6.45, 7) is 5.28. The van der Waals surface area contributed by atoms with Gasteiger partial charge in [0.2, 0.25) is 0 Å². The zero-order valence-electron chi connectivity index (χ0n) is 13.8. The molecule has 0 heterocycles. The molecule has 0 saturated carbocycles. The lowest BCUT2D eigenvalue weighted by molar-refractivity contribution is 0.354. The zero-order valence-corrected chi connectivity index (χ0v) is 13.8. The minimum atomic E-state index is 0.348. The van der Waals surface area contributed by atoms with Gasteiger partial charge in [-0.1, -0.05) is 30.3 Å². The molecule has 0 radical (unpaired) electrons. The lowest BCUT2D eigenvalue weighted by atomic mass is 10.0. The van der Waals surface area contributed by atoms with Crippen LogP contribution in [0.1, 0.15) is 29.7 Å². The van der Waals surface area contributed by atoms with Crippen LogP contribution in [0, 0.1) is 6.92 Å². The molecular formula is C19H25NO2. The van der Waals surface area contributed by atoms with E-state index in [-0.39, 0.29) is 0 Å². The van der Waals surface area contributed by atoms with Gasteiger partial charge in [-0.15, -0.1) is 0 Å². The molecule has 2 rings (SSSR count). The fraction of sp³-hybridized carbons (Fsp3) is 0.368. The van der Waals surface area contributed by atoms with E-state index in [0.717, 1.165) is 24.5 Å². The third kappa shape index (κ3) is 4.01. The van der Waals surface area contributed by atoms with Crippen molar-refractivity contribution in [1.29, 1.82) is 0 Å². The summed E-state index contributed by atoms with van der Waals surface area (Å²) < 4.78 is 10.6. The Morgan fingerprint density at radius 2 is 1.73 bits per heavy atom. The van der Waals surface area contributed by atoms with Gasteiger partial charge in [0, 0.05) is 6.04 Å². The summed E-state index contributed by atoms with van der Waals surface area (Å²) in [6, 6.07) is 14.9. The van der Waals surface area contributed by atoms with E-state index in [9.17, 15) is 0 Å². The van der Waals surface area contributed by atoms with Crippen molar-refractivity contribution >= 4 is 0 Å². The maximum atomic E-state index is 5.34. The molecule has 0 saturated heterocycles. The number of aryl methyl sites for hydroxylation is 1. The van der Waals surface area contributed by atoms with Crippen molar-refractivity contribution in [3.63, 3.8) is 0 Å². The van der Waals surface area contributed by atoms with Gasteiger partial charge in [-0.05, 0) is 55.6 Å². The third-order valence-corrected chi connectivity index (χ3v) is 3.97. The molecule has 0 aliphatic heterocycles. The van der Waals surface area contributed by atoms with E-state index >= 15 is 0 Å². The van der Waals surface area contributed by atoms with Crippen LogP contribution in [-0.4, -0.2) is 20.8 Å². The monoisotopic (exact) mass is 299 g/mol. The maximum absolute atomic E-state index is 5.34. The summed E-state index contributed by atoms with van der Waals surface area (Å²) in [4.78, 5) is 0. The molecule has 0 aliphatic rings. The summed E-state index contributed by atoms with van der Waals surface area (Å²) >= 11 is 0. The molecule has 0 amide bonds. The molecule has 3 nitrogen and oxygen atoms in total. The predicted molar refractivity (Wildman–Crippen MR) is 90.8 cm³/mol. The van der Waals surface area contributed by atoms with Crippen LogP contribution >= 0.6 is 0 Å². The fourth-order valence-electron chi connectivity index (χ4n) is 2.65. The molecular weight excluding hydrogens is 274 g/mol. The Morgan fingerprint density at radius 3 is 2.41 bits per heavy atom. The summed E-state index contributed by atoms with van der Waals surface area (Å²) in [5, 5.41) is 3.58. The van der Waals surface area contributed by atoms with Crippen LogP contribution in [0.2, 0.25) is 0 Å². The minimum absolute atomic E-state index is 0.348. The number of nitrogens with one attached hydrogen (secondary N) is 1. The van der Waals surface area contributed by atoms with E-state index in [0.29, 0.717) is 6.04 Å². The Labute approximate surface area is 133 Å². The highest BCUT2D eigenvalue weighted by Gasteiger charge is 2.08. The van der Waals surface area contributed by atoms with Gasteiger partial charge < -0.3 is 14.8 Å². The van der Waals surface area contributed by atoms with Gasteiger partial charge in [0.1, 0.15) is 0 Å². The standard InChI is InChI=1S/C19H25NO2/c1-14-7-5-6-8-17(14)15(2)20-12-11-16-9-10-18(21-3)19(13-16)22-4/h5-10,13,15,20H,11-12H2,1-4H3. The summed E-state index contributed by atoms with van der Waals surface area (Å²) in [5.41, 5.74) is 3.92. The highest BCUT2D eigenvalue weighted by Crippen LogP contribution is 2.27. The quantitative estimate of drug-likeness (QED) is 0.841. The number of methoxy groups -OCH3 is 2. The zero-order chi connectivity index (χ0) is 15.9. The van der Waals surface area contributed by atoms with E-state index < -0.39 is 0 Å². The van der Waals surface area contributed by atoms with Crippen molar-refractivity contribution in [2.24, 2.45) is 0 Å². The van der Waals surface area contributed by atoms with E-state index in [1.165, 1.54) is 16.7 Å². The van der Waals surface area contributed by atoms with Gasteiger partial charge in [-0.2, -0.15) is 0 Å². The van der Waals surface area contributed by atoms with Crippen molar-refractivity contribution in [2.45, 2.75) is 26.3 Å². The smallest absolute Gasteiger partial charge is 0.160 e. The SMILES string of the molecule is COc1ccc(CCNC(C)c2ccccc2C)cc1OC. The van der Waals surface area contributed by atoms with Crippen LogP contribution in [-0.2, 0) is 6.42 Å². The Hall–Kier alpha value is -2.00. The molecule has 0 bridgehead atoms. The lowest BCUT2D eigenvalue weighted by Crippen LogP contribution is -2.22. The van der Waals surface area contributed by atoms with Crippen molar-refractivity contribution in [3.8, 4) is 11.5 Å². The van der Waals surface area contributed by atoms with Crippen LogP contribution in [0.3, 0.4) is 0 Å². The maximum Gasteiger partial charge on any atom is 0.160 e. The summed E-state index contributed by atoms with van der Waals surface area (Å²) in [6.07, 6.45) is 0.955. The molecule has 118 valence electrons. The number of ether oxygens (including phenoxy) is 2. The molecule has 1 atom stereocenters. The molecule has 22 heavy (non-hydrogen) atoms. The number of hydrogen-bond donors (Lipinski definition) is 1. The molecule has 1 N–H and O–H groups in total. The largest absolute Gasteiger partial charge is 0.493 e. The predicted octanol–water partition coefficient (Wildman–Crippen LogP) is 3.91. The van der Waals surface area contributed by atoms with E-state index in [4.69, 9.17) is 9.47 Å². The highest BCUT2D eigenvalue weighted by atomic mass is 16.5. The van der Waals surface area contributed by atoms with E-state index in [1.807, 2.05) is 12.1 Å². The van der Waals surface area contributed by atoms with E-state index in [2.05, 4.69) is 49.5 Å². The first-order valence-corrected chi connectivity index (χ1v) is 7.65. The van der Waals surface area contributed by atoms with Crippen molar-refractivity contribution in [2.75, 3.05) is 20.8 Å². The van der Waals surface area contributed by atoms with Gasteiger partial charge in [0.15, 0.2) is 11.5 Å². The van der Waals surface area contributed by atoms with E-state index in [1.54, 1.807) is 14.2 Å². The van der Waals surface area contributed by atoms with Gasteiger partial charge >= 0.3 is 0 Å². The lowest BCUT2D eigenvalue weighted by Gasteiger charge is -2.17. The van der Waals surface area contributed by atoms with Crippen LogP contribution in [0.25, 0.3) is 0 Å². The molecule has 0 aromatic heterocycles. The van der Waals surface area contributed by atoms with Gasteiger partial charge in [0.05, 0.1) is 14.2 Å². The highest BCUT2D eigenvalue weighted by molar-refractivity contribution is 5.43. The average molecular weight is 299 g/mol. The molecule has 3 heteroatoms.